The topological polar surface area (TPSA) is 79.2 Å². The molecule has 2 heterocycles. The standard InChI is InChI=1S/C15H17FN4O2.2ClH/c16-11-1-3-12(4-2-11)20-9-18-7-13(20)15(22)19-6-10-5-17-8-14(10)21;;/h1-4,7,9-10,14,17,21H,5-6,8H2,(H,19,22);2*1H. The first kappa shape index (κ1) is 20.4. The minimum atomic E-state index is -0.442. The zero-order valence-electron chi connectivity index (χ0n) is 12.7. The van der Waals surface area contributed by atoms with Gasteiger partial charge in [-0.05, 0) is 24.3 Å². The summed E-state index contributed by atoms with van der Waals surface area (Å²) < 4.78 is 14.6. The molecule has 0 bridgehead atoms. The first-order valence-corrected chi connectivity index (χ1v) is 7.10. The van der Waals surface area contributed by atoms with Crippen molar-refractivity contribution in [2.24, 2.45) is 5.92 Å². The second-order valence-electron chi connectivity index (χ2n) is 5.32. The largest absolute Gasteiger partial charge is 0.391 e. The van der Waals surface area contributed by atoms with E-state index in [1.54, 1.807) is 16.7 Å². The van der Waals surface area contributed by atoms with Gasteiger partial charge < -0.3 is 15.7 Å². The highest BCUT2D eigenvalue weighted by atomic mass is 35.5. The van der Waals surface area contributed by atoms with Crippen molar-refractivity contribution in [3.05, 3.63) is 48.3 Å². The number of carbonyl (C=O) groups is 1. The van der Waals surface area contributed by atoms with Crippen LogP contribution in [0.3, 0.4) is 0 Å². The number of aliphatic hydroxyl groups is 1. The van der Waals surface area contributed by atoms with Gasteiger partial charge in [0.25, 0.3) is 5.91 Å². The van der Waals surface area contributed by atoms with Crippen molar-refractivity contribution in [1.82, 2.24) is 20.2 Å². The average Bonchev–Trinajstić information content (AvgIpc) is 3.15. The molecule has 1 fully saturated rings. The number of β-amino-alcohol motifs (C(OH)–C–C–N with tert-alkyl or cyclic N) is 1. The molecule has 24 heavy (non-hydrogen) atoms. The molecule has 3 N–H and O–H groups in total. The first-order chi connectivity index (χ1) is 10.6. The lowest BCUT2D eigenvalue weighted by atomic mass is 10.1. The number of nitrogens with one attached hydrogen (secondary N) is 2. The Morgan fingerprint density at radius 1 is 1.33 bits per heavy atom. The van der Waals surface area contributed by atoms with Crippen LogP contribution in [0.15, 0.2) is 36.8 Å². The maximum absolute atomic E-state index is 13.0. The molecule has 0 saturated carbocycles. The molecule has 1 aliphatic rings. The summed E-state index contributed by atoms with van der Waals surface area (Å²) in [6.07, 6.45) is 2.53. The molecule has 1 aromatic carbocycles. The number of amides is 1. The Morgan fingerprint density at radius 3 is 2.67 bits per heavy atom. The molecule has 1 aromatic heterocycles. The van der Waals surface area contributed by atoms with Gasteiger partial charge in [-0.25, -0.2) is 9.37 Å². The van der Waals surface area contributed by atoms with Crippen molar-refractivity contribution >= 4 is 30.7 Å². The Bertz CT molecular complexity index is 666. The van der Waals surface area contributed by atoms with Gasteiger partial charge in [0, 0.05) is 31.2 Å². The average molecular weight is 377 g/mol. The third kappa shape index (κ3) is 4.45. The molecule has 1 saturated heterocycles. The van der Waals surface area contributed by atoms with E-state index >= 15 is 0 Å². The monoisotopic (exact) mass is 376 g/mol. The van der Waals surface area contributed by atoms with E-state index in [0.29, 0.717) is 31.0 Å². The van der Waals surface area contributed by atoms with Crippen molar-refractivity contribution in [3.63, 3.8) is 0 Å². The van der Waals surface area contributed by atoms with Gasteiger partial charge in [-0.2, -0.15) is 0 Å². The van der Waals surface area contributed by atoms with Gasteiger partial charge in [0.05, 0.1) is 18.6 Å². The Labute approximate surface area is 151 Å². The number of aliphatic hydroxyl groups excluding tert-OH is 1. The molecule has 9 heteroatoms. The molecule has 2 unspecified atom stereocenters. The summed E-state index contributed by atoms with van der Waals surface area (Å²) in [6.45, 7) is 1.62. The molecule has 132 valence electrons. The summed E-state index contributed by atoms with van der Waals surface area (Å²) in [5.41, 5.74) is 1.03. The van der Waals surface area contributed by atoms with Crippen LogP contribution in [0.2, 0.25) is 0 Å². The summed E-state index contributed by atoms with van der Waals surface area (Å²) in [7, 11) is 0. The Morgan fingerprint density at radius 2 is 2.04 bits per heavy atom. The number of carbonyl (C=O) groups excluding carboxylic acids is 1. The van der Waals surface area contributed by atoms with Crippen molar-refractivity contribution in [3.8, 4) is 5.69 Å². The molecule has 2 aromatic rings. The van der Waals surface area contributed by atoms with Gasteiger partial charge >= 0.3 is 0 Å². The van der Waals surface area contributed by atoms with Gasteiger partial charge in [-0.1, -0.05) is 0 Å². The van der Waals surface area contributed by atoms with Gasteiger partial charge in [0.15, 0.2) is 0 Å². The van der Waals surface area contributed by atoms with Crippen LogP contribution < -0.4 is 10.6 Å². The highest BCUT2D eigenvalue weighted by Crippen LogP contribution is 2.13. The summed E-state index contributed by atoms with van der Waals surface area (Å²) in [5.74, 6) is -0.607. The number of imidazole rings is 1. The fraction of sp³-hybridized carbons (Fsp3) is 0.333. The minimum Gasteiger partial charge on any atom is -0.391 e. The third-order valence-corrected chi connectivity index (χ3v) is 3.80. The maximum Gasteiger partial charge on any atom is 0.269 e. The lowest BCUT2D eigenvalue weighted by Crippen LogP contribution is -2.35. The Hall–Kier alpha value is -1.67. The van der Waals surface area contributed by atoms with E-state index < -0.39 is 6.10 Å². The van der Waals surface area contributed by atoms with Crippen LogP contribution in [0.1, 0.15) is 10.5 Å². The normalized spacial score (nSPS) is 19.2. The van der Waals surface area contributed by atoms with Crippen molar-refractivity contribution in [2.45, 2.75) is 6.10 Å². The zero-order valence-corrected chi connectivity index (χ0v) is 14.3. The molecule has 2 atom stereocenters. The van der Waals surface area contributed by atoms with Crippen LogP contribution in [0.5, 0.6) is 0 Å². The number of aromatic nitrogens is 2. The summed E-state index contributed by atoms with van der Waals surface area (Å²) >= 11 is 0. The van der Waals surface area contributed by atoms with E-state index in [4.69, 9.17) is 0 Å². The number of hydrogen-bond acceptors (Lipinski definition) is 4. The molecule has 6 nitrogen and oxygen atoms in total. The van der Waals surface area contributed by atoms with Crippen LogP contribution in [0, 0.1) is 11.7 Å². The van der Waals surface area contributed by atoms with Gasteiger partial charge in [-0.15, -0.1) is 24.8 Å². The fourth-order valence-electron chi connectivity index (χ4n) is 2.51. The summed E-state index contributed by atoms with van der Waals surface area (Å²) in [6, 6.07) is 5.83. The number of rotatable bonds is 4. The van der Waals surface area contributed by atoms with Crippen molar-refractivity contribution < 1.29 is 14.3 Å². The van der Waals surface area contributed by atoms with E-state index in [-0.39, 0.29) is 42.5 Å². The second kappa shape index (κ2) is 8.98. The maximum atomic E-state index is 13.0. The number of hydrogen-bond donors (Lipinski definition) is 3. The number of nitrogens with zero attached hydrogens (tertiary/aromatic N) is 2. The highest BCUT2D eigenvalue weighted by Gasteiger charge is 2.25. The van der Waals surface area contributed by atoms with E-state index in [1.807, 2.05) is 0 Å². The van der Waals surface area contributed by atoms with Crippen LogP contribution in [0.25, 0.3) is 5.69 Å². The molecular weight excluding hydrogens is 358 g/mol. The van der Waals surface area contributed by atoms with E-state index in [2.05, 4.69) is 15.6 Å². The zero-order chi connectivity index (χ0) is 15.5. The Kier molecular flexibility index (Phi) is 7.62. The molecule has 3 rings (SSSR count). The molecule has 0 radical (unpaired) electrons. The summed E-state index contributed by atoms with van der Waals surface area (Å²) in [4.78, 5) is 16.3. The Balaban J connectivity index is 0.00000144. The van der Waals surface area contributed by atoms with Crippen LogP contribution in [0.4, 0.5) is 4.39 Å². The predicted octanol–water partition coefficient (Wildman–Crippen LogP) is 1.17. The van der Waals surface area contributed by atoms with Crippen LogP contribution >= 0.6 is 24.8 Å². The third-order valence-electron chi connectivity index (χ3n) is 3.80. The summed E-state index contributed by atoms with van der Waals surface area (Å²) in [5, 5.41) is 15.6. The predicted molar refractivity (Wildman–Crippen MR) is 92.7 cm³/mol. The first-order valence-electron chi connectivity index (χ1n) is 7.10. The van der Waals surface area contributed by atoms with E-state index in [0.717, 1.165) is 0 Å². The number of halogens is 3. The lowest BCUT2D eigenvalue weighted by Gasteiger charge is -2.14. The van der Waals surface area contributed by atoms with Gasteiger partial charge in [0.2, 0.25) is 0 Å². The van der Waals surface area contributed by atoms with Crippen molar-refractivity contribution in [2.75, 3.05) is 19.6 Å². The second-order valence-corrected chi connectivity index (χ2v) is 5.32. The van der Waals surface area contributed by atoms with Gasteiger partial charge in [-0.3, -0.25) is 9.36 Å². The van der Waals surface area contributed by atoms with E-state index in [9.17, 15) is 14.3 Å². The quantitative estimate of drug-likeness (QED) is 0.748. The minimum absolute atomic E-state index is 0. The highest BCUT2D eigenvalue weighted by molar-refractivity contribution is 5.93. The molecule has 1 aliphatic heterocycles. The molecule has 1 amide bonds. The fourth-order valence-corrected chi connectivity index (χ4v) is 2.51. The number of benzene rings is 1. The smallest absolute Gasteiger partial charge is 0.269 e. The van der Waals surface area contributed by atoms with Crippen LogP contribution in [-0.4, -0.2) is 46.3 Å². The van der Waals surface area contributed by atoms with Gasteiger partial charge in [0.1, 0.15) is 11.5 Å². The molecule has 0 aliphatic carbocycles. The SMILES string of the molecule is Cl.Cl.O=C(NCC1CNCC1O)c1cncn1-c1ccc(F)cc1. The van der Waals surface area contributed by atoms with E-state index in [1.165, 1.54) is 24.7 Å². The van der Waals surface area contributed by atoms with Crippen molar-refractivity contribution in [1.29, 1.82) is 0 Å². The van der Waals surface area contributed by atoms with Crippen LogP contribution in [-0.2, 0) is 0 Å². The molecule has 0 spiro atoms. The lowest BCUT2D eigenvalue weighted by molar-refractivity contribution is 0.0920. The molecular formula is C15H19Cl2FN4O2.